The predicted molar refractivity (Wildman–Crippen MR) is 133 cm³/mol. The van der Waals surface area contributed by atoms with Crippen molar-refractivity contribution in [3.63, 3.8) is 0 Å². The first kappa shape index (κ1) is 27.4. The molecule has 182 valence electrons. The predicted octanol–water partition coefficient (Wildman–Crippen LogP) is 3.83. The molecule has 1 unspecified atom stereocenters. The van der Waals surface area contributed by atoms with E-state index in [1.54, 1.807) is 16.7 Å². The molecule has 0 saturated heterocycles. The number of Topliss-reactive ketones (excluding diaryl/α,β-unsaturated/α-hetero) is 1. The van der Waals surface area contributed by atoms with Crippen LogP contribution in [-0.2, 0) is 24.4 Å². The summed E-state index contributed by atoms with van der Waals surface area (Å²) < 4.78 is 24.1. The van der Waals surface area contributed by atoms with E-state index in [2.05, 4.69) is 15.9 Å². The van der Waals surface area contributed by atoms with E-state index < -0.39 is 0 Å². The van der Waals surface area contributed by atoms with Crippen molar-refractivity contribution in [2.75, 3.05) is 0 Å². The largest absolute Gasteiger partial charge is 1.00 e. The van der Waals surface area contributed by atoms with Crippen LogP contribution in [0.15, 0.2) is 89.9 Å². The van der Waals surface area contributed by atoms with Crippen LogP contribution in [0.1, 0.15) is 27.6 Å². The SMILES string of the molecule is O=C(C[n+]1ccn(CC(OCc2ccc(Br)cc2)c2ccc(Cl)cc2Cl)c1)c1ccc(F)cc1.[Cl-]. The Morgan fingerprint density at radius 3 is 2.46 bits per heavy atom. The van der Waals surface area contributed by atoms with Gasteiger partial charge in [0.2, 0.25) is 12.1 Å². The zero-order valence-electron chi connectivity index (χ0n) is 18.4. The van der Waals surface area contributed by atoms with Gasteiger partial charge in [-0.2, -0.15) is 0 Å². The van der Waals surface area contributed by atoms with Crippen LogP contribution in [0.3, 0.4) is 0 Å². The molecule has 0 radical (unpaired) electrons. The summed E-state index contributed by atoms with van der Waals surface area (Å²) in [5, 5.41) is 1.08. The molecule has 0 aliphatic heterocycles. The molecular weight excluding hydrogens is 578 g/mol. The van der Waals surface area contributed by atoms with Crippen LogP contribution in [-0.4, -0.2) is 10.4 Å². The van der Waals surface area contributed by atoms with Crippen molar-refractivity contribution in [1.29, 1.82) is 0 Å². The summed E-state index contributed by atoms with van der Waals surface area (Å²) in [6.07, 6.45) is 5.18. The van der Waals surface area contributed by atoms with E-state index >= 15 is 0 Å². The zero-order valence-corrected chi connectivity index (χ0v) is 22.2. The van der Waals surface area contributed by atoms with Gasteiger partial charge in [0, 0.05) is 25.6 Å². The van der Waals surface area contributed by atoms with Gasteiger partial charge in [-0.05, 0) is 54.1 Å². The van der Waals surface area contributed by atoms with Crippen molar-refractivity contribution in [1.82, 2.24) is 4.57 Å². The smallest absolute Gasteiger partial charge is 0.244 e. The van der Waals surface area contributed by atoms with Crippen LogP contribution >= 0.6 is 39.1 Å². The molecule has 4 aromatic rings. The molecule has 9 heteroatoms. The molecule has 0 N–H and O–H groups in total. The number of benzene rings is 3. The second-order valence-corrected chi connectivity index (χ2v) is 9.56. The number of carbonyl (C=O) groups excluding carboxylic acids is 1. The number of rotatable bonds is 9. The van der Waals surface area contributed by atoms with Crippen LogP contribution < -0.4 is 17.0 Å². The van der Waals surface area contributed by atoms with E-state index in [1.165, 1.54) is 24.3 Å². The van der Waals surface area contributed by atoms with Gasteiger partial charge >= 0.3 is 0 Å². The van der Waals surface area contributed by atoms with E-state index in [1.807, 2.05) is 53.6 Å². The highest BCUT2D eigenvalue weighted by atomic mass is 79.9. The van der Waals surface area contributed by atoms with Crippen LogP contribution in [0.2, 0.25) is 10.0 Å². The number of carbonyl (C=O) groups is 1. The van der Waals surface area contributed by atoms with Crippen molar-refractivity contribution in [2.45, 2.75) is 25.8 Å². The lowest BCUT2D eigenvalue weighted by Crippen LogP contribution is -3.00. The average Bonchev–Trinajstić information content (AvgIpc) is 3.25. The Balaban J connectivity index is 0.00000342. The molecule has 0 bridgehead atoms. The average molecular weight is 599 g/mol. The molecule has 0 saturated carbocycles. The Bertz CT molecular complexity index is 1280. The fraction of sp³-hybridized carbons (Fsp3) is 0.154. The van der Waals surface area contributed by atoms with Gasteiger partial charge in [0.15, 0.2) is 6.54 Å². The maximum absolute atomic E-state index is 13.1. The van der Waals surface area contributed by atoms with Crippen molar-refractivity contribution in [3.05, 3.63) is 122 Å². The topological polar surface area (TPSA) is 35.1 Å². The Kier molecular flexibility index (Phi) is 9.89. The molecular formula is C26H21BrCl3FN2O2. The van der Waals surface area contributed by atoms with Crippen molar-refractivity contribution < 1.29 is 30.9 Å². The number of halogens is 5. The lowest BCUT2D eigenvalue weighted by Gasteiger charge is -2.18. The molecule has 35 heavy (non-hydrogen) atoms. The van der Waals surface area contributed by atoms with Crippen LogP contribution in [0.4, 0.5) is 4.39 Å². The van der Waals surface area contributed by atoms with E-state index in [0.29, 0.717) is 28.8 Å². The number of hydrogen-bond acceptors (Lipinski definition) is 2. The van der Waals surface area contributed by atoms with Gasteiger partial charge in [0.1, 0.15) is 30.9 Å². The molecule has 0 fully saturated rings. The summed E-state index contributed by atoms with van der Waals surface area (Å²) in [7, 11) is 0. The van der Waals surface area contributed by atoms with Crippen molar-refractivity contribution >= 4 is 44.9 Å². The van der Waals surface area contributed by atoms with Gasteiger partial charge in [-0.3, -0.25) is 4.79 Å². The fourth-order valence-electron chi connectivity index (χ4n) is 3.51. The second-order valence-electron chi connectivity index (χ2n) is 7.80. The molecule has 4 nitrogen and oxygen atoms in total. The molecule has 0 amide bonds. The summed E-state index contributed by atoms with van der Waals surface area (Å²) in [6.45, 7) is 1.03. The number of hydrogen-bond donors (Lipinski definition) is 0. The number of ether oxygens (including phenoxy) is 1. The highest BCUT2D eigenvalue weighted by molar-refractivity contribution is 9.10. The van der Waals surface area contributed by atoms with Crippen LogP contribution in [0.25, 0.3) is 0 Å². The standard InChI is InChI=1S/C26H21BrCl2FN2O2.ClH/c27-20-5-1-18(2-6-20)16-34-26(23-10-7-21(28)13-24(23)29)15-32-12-11-31(17-32)14-25(33)19-3-8-22(30)9-4-19;/h1-13,17,26H,14-16H2;1H/q+1;/p-1. The van der Waals surface area contributed by atoms with Crippen molar-refractivity contribution in [3.8, 4) is 0 Å². The second kappa shape index (κ2) is 12.7. The molecule has 1 heterocycles. The number of nitrogens with zero attached hydrogens (tertiary/aromatic N) is 2. The van der Waals surface area contributed by atoms with Gasteiger partial charge < -0.3 is 17.1 Å². The maximum Gasteiger partial charge on any atom is 0.244 e. The quantitative estimate of drug-likeness (QED) is 0.217. The molecule has 1 aromatic heterocycles. The molecule has 0 aliphatic rings. The minimum atomic E-state index is -0.370. The molecule has 0 spiro atoms. The van der Waals surface area contributed by atoms with Gasteiger partial charge in [-0.15, -0.1) is 0 Å². The van der Waals surface area contributed by atoms with Gasteiger partial charge in [0.25, 0.3) is 0 Å². The monoisotopic (exact) mass is 596 g/mol. The van der Waals surface area contributed by atoms with Gasteiger partial charge in [-0.1, -0.05) is 57.3 Å². The summed E-state index contributed by atoms with van der Waals surface area (Å²) in [5.74, 6) is -0.475. The molecule has 3 aromatic carbocycles. The normalized spacial score (nSPS) is 11.7. The lowest BCUT2D eigenvalue weighted by molar-refractivity contribution is -0.682. The summed E-state index contributed by atoms with van der Waals surface area (Å²) in [4.78, 5) is 12.5. The Hall–Kier alpha value is -2.22. The first-order valence-corrected chi connectivity index (χ1v) is 12.1. The third-order valence-electron chi connectivity index (χ3n) is 5.29. The molecule has 0 aliphatic carbocycles. The maximum atomic E-state index is 13.1. The molecule has 4 rings (SSSR count). The zero-order chi connectivity index (χ0) is 24.1. The third-order valence-corrected chi connectivity index (χ3v) is 6.38. The Labute approximate surface area is 227 Å². The van der Waals surface area contributed by atoms with E-state index in [-0.39, 0.29) is 36.7 Å². The highest BCUT2D eigenvalue weighted by Gasteiger charge is 2.21. The number of ketones is 1. The summed E-state index contributed by atoms with van der Waals surface area (Å²) in [6, 6.07) is 18.8. The number of aromatic nitrogens is 2. The van der Waals surface area contributed by atoms with Crippen LogP contribution in [0.5, 0.6) is 0 Å². The van der Waals surface area contributed by atoms with E-state index in [4.69, 9.17) is 27.9 Å². The Morgan fingerprint density at radius 1 is 1.06 bits per heavy atom. The highest BCUT2D eigenvalue weighted by Crippen LogP contribution is 2.30. The third kappa shape index (κ3) is 7.63. The molecule has 1 atom stereocenters. The first-order valence-electron chi connectivity index (χ1n) is 10.5. The lowest BCUT2D eigenvalue weighted by atomic mass is 10.1. The Morgan fingerprint density at radius 2 is 1.77 bits per heavy atom. The van der Waals surface area contributed by atoms with Crippen molar-refractivity contribution in [2.24, 2.45) is 0 Å². The van der Waals surface area contributed by atoms with Gasteiger partial charge in [-0.25, -0.2) is 13.5 Å². The minimum absolute atomic E-state index is 0. The van der Waals surface area contributed by atoms with Gasteiger partial charge in [0.05, 0.1) is 6.61 Å². The summed E-state index contributed by atoms with van der Waals surface area (Å²) >= 11 is 16.0. The summed E-state index contributed by atoms with van der Waals surface area (Å²) in [5.41, 5.74) is 2.32. The van der Waals surface area contributed by atoms with E-state index in [9.17, 15) is 9.18 Å². The van der Waals surface area contributed by atoms with Crippen LogP contribution in [0, 0.1) is 5.82 Å². The minimum Gasteiger partial charge on any atom is -1.00 e. The number of imidazole rings is 1. The first-order chi connectivity index (χ1) is 16.4. The van der Waals surface area contributed by atoms with E-state index in [0.717, 1.165) is 15.6 Å². The fourth-order valence-corrected chi connectivity index (χ4v) is 4.30.